The molecule has 0 fully saturated rings. The molecular formula is C26H23ClF3N3O3. The molecule has 3 aromatic carbocycles. The predicted molar refractivity (Wildman–Crippen MR) is 131 cm³/mol. The van der Waals surface area contributed by atoms with Gasteiger partial charge >= 0.3 is 6.18 Å². The summed E-state index contributed by atoms with van der Waals surface area (Å²) < 4.78 is 43.2. The number of hydrogen-bond acceptors (Lipinski definition) is 4. The van der Waals surface area contributed by atoms with Gasteiger partial charge in [-0.15, -0.1) is 0 Å². The highest BCUT2D eigenvalue weighted by atomic mass is 35.5. The van der Waals surface area contributed by atoms with Gasteiger partial charge in [0.2, 0.25) is 5.91 Å². The number of halogens is 4. The van der Waals surface area contributed by atoms with E-state index in [9.17, 15) is 22.8 Å². The van der Waals surface area contributed by atoms with Crippen LogP contribution in [0.5, 0.6) is 0 Å². The molecule has 0 saturated carbocycles. The molecule has 10 heteroatoms. The molecule has 36 heavy (non-hydrogen) atoms. The number of fused-ring (bicyclic) bond motifs is 1. The van der Waals surface area contributed by atoms with Crippen molar-refractivity contribution in [1.29, 1.82) is 0 Å². The number of carbonyl (C=O) groups is 2. The van der Waals surface area contributed by atoms with Gasteiger partial charge in [-0.2, -0.15) is 13.2 Å². The van der Waals surface area contributed by atoms with E-state index in [1.807, 2.05) is 0 Å². The van der Waals surface area contributed by atoms with Crippen LogP contribution in [0.3, 0.4) is 0 Å². The fourth-order valence-corrected chi connectivity index (χ4v) is 4.57. The van der Waals surface area contributed by atoms with E-state index in [2.05, 4.69) is 15.8 Å². The van der Waals surface area contributed by atoms with E-state index >= 15 is 0 Å². The number of oxime groups is 1. The molecule has 1 aliphatic rings. The van der Waals surface area contributed by atoms with Crippen molar-refractivity contribution in [3.8, 4) is 0 Å². The van der Waals surface area contributed by atoms with Crippen LogP contribution in [0.25, 0.3) is 10.8 Å². The summed E-state index contributed by atoms with van der Waals surface area (Å²) in [4.78, 5) is 29.7. The Hall–Kier alpha value is -3.59. The van der Waals surface area contributed by atoms with Crippen molar-refractivity contribution in [1.82, 2.24) is 10.6 Å². The molecule has 0 radical (unpaired) electrons. The Kier molecular flexibility index (Phi) is 6.95. The number of carbonyl (C=O) groups excluding carboxylic acids is 2. The second kappa shape index (κ2) is 9.81. The summed E-state index contributed by atoms with van der Waals surface area (Å²) in [6.07, 6.45) is -5.34. The maximum absolute atomic E-state index is 14.4. The summed E-state index contributed by atoms with van der Waals surface area (Å²) in [5.41, 5.74) is -1.48. The predicted octanol–water partition coefficient (Wildman–Crippen LogP) is 5.25. The quantitative estimate of drug-likeness (QED) is 0.469. The molecule has 0 aliphatic carbocycles. The molecule has 4 rings (SSSR count). The Morgan fingerprint density at radius 3 is 2.47 bits per heavy atom. The van der Waals surface area contributed by atoms with E-state index in [0.717, 1.165) is 0 Å². The number of benzene rings is 3. The van der Waals surface area contributed by atoms with E-state index < -0.39 is 24.1 Å². The molecule has 0 aromatic heterocycles. The van der Waals surface area contributed by atoms with E-state index in [4.69, 9.17) is 16.4 Å². The van der Waals surface area contributed by atoms with Crippen LogP contribution in [0.4, 0.5) is 13.2 Å². The molecule has 1 unspecified atom stereocenters. The van der Waals surface area contributed by atoms with Crippen molar-refractivity contribution in [2.45, 2.75) is 32.0 Å². The van der Waals surface area contributed by atoms with Crippen molar-refractivity contribution < 1.29 is 27.6 Å². The van der Waals surface area contributed by atoms with Gasteiger partial charge in [0.05, 0.1) is 12.3 Å². The average molecular weight is 518 g/mol. The highest BCUT2D eigenvalue weighted by Gasteiger charge is 2.62. The second-order valence-electron chi connectivity index (χ2n) is 8.49. The number of rotatable bonds is 6. The van der Waals surface area contributed by atoms with Gasteiger partial charge in [0.25, 0.3) is 11.5 Å². The maximum atomic E-state index is 14.4. The van der Waals surface area contributed by atoms with E-state index in [1.54, 1.807) is 50.2 Å². The number of amides is 2. The fourth-order valence-electron chi connectivity index (χ4n) is 4.28. The number of alkyl halides is 3. The minimum Gasteiger partial charge on any atom is -0.374 e. The minimum atomic E-state index is -4.77. The van der Waals surface area contributed by atoms with Crippen molar-refractivity contribution in [2.24, 2.45) is 5.16 Å². The lowest BCUT2D eigenvalue weighted by atomic mass is 9.84. The second-order valence-corrected chi connectivity index (χ2v) is 8.93. The van der Waals surface area contributed by atoms with Gasteiger partial charge in [-0.05, 0) is 48.4 Å². The summed E-state index contributed by atoms with van der Waals surface area (Å²) in [5.74, 6) is -0.809. The Morgan fingerprint density at radius 1 is 1.08 bits per heavy atom. The first-order valence-corrected chi connectivity index (χ1v) is 11.6. The zero-order chi connectivity index (χ0) is 26.1. The molecule has 1 atom stereocenters. The third-order valence-corrected chi connectivity index (χ3v) is 6.18. The molecule has 3 aromatic rings. The molecule has 6 nitrogen and oxygen atoms in total. The maximum Gasteiger partial charge on any atom is 0.435 e. The van der Waals surface area contributed by atoms with Crippen molar-refractivity contribution >= 4 is 39.9 Å². The van der Waals surface area contributed by atoms with Crippen LogP contribution in [0.15, 0.2) is 59.8 Å². The van der Waals surface area contributed by atoms with Gasteiger partial charge in [-0.25, -0.2) is 0 Å². The van der Waals surface area contributed by atoms with E-state index in [-0.39, 0.29) is 34.3 Å². The molecule has 1 aliphatic heterocycles. The topological polar surface area (TPSA) is 79.8 Å². The molecule has 0 bridgehead atoms. The van der Waals surface area contributed by atoms with Gasteiger partial charge in [-0.3, -0.25) is 9.59 Å². The van der Waals surface area contributed by atoms with Gasteiger partial charge in [-0.1, -0.05) is 53.2 Å². The van der Waals surface area contributed by atoms with Crippen LogP contribution in [-0.2, 0) is 15.2 Å². The number of likely N-dealkylation sites (N-methyl/N-ethyl adjacent to an activating group) is 1. The highest BCUT2D eigenvalue weighted by molar-refractivity contribution is 6.30. The summed E-state index contributed by atoms with van der Waals surface area (Å²) in [5, 5.41) is 10.2. The minimum absolute atomic E-state index is 0.0930. The van der Waals surface area contributed by atoms with Gasteiger partial charge < -0.3 is 15.5 Å². The molecule has 0 spiro atoms. The Morgan fingerprint density at radius 2 is 1.81 bits per heavy atom. The van der Waals surface area contributed by atoms with E-state index in [1.165, 1.54) is 18.2 Å². The lowest BCUT2D eigenvalue weighted by Gasteiger charge is -2.30. The third kappa shape index (κ3) is 4.75. The first kappa shape index (κ1) is 25.5. The number of aryl methyl sites for hydroxylation is 1. The van der Waals surface area contributed by atoms with Crippen LogP contribution in [0, 0.1) is 6.92 Å². The smallest absolute Gasteiger partial charge is 0.374 e. The first-order chi connectivity index (χ1) is 17.1. The van der Waals surface area contributed by atoms with Crippen LogP contribution in [-0.4, -0.2) is 36.8 Å². The van der Waals surface area contributed by atoms with Gasteiger partial charge in [0.15, 0.2) is 0 Å². The summed E-state index contributed by atoms with van der Waals surface area (Å²) in [6.45, 7) is 3.66. The number of nitrogens with zero attached hydrogens (tertiary/aromatic N) is 1. The van der Waals surface area contributed by atoms with Gasteiger partial charge in [0, 0.05) is 34.7 Å². The Balaban J connectivity index is 1.71. The molecule has 2 amide bonds. The third-order valence-electron chi connectivity index (χ3n) is 5.96. The van der Waals surface area contributed by atoms with Crippen LogP contribution in [0.2, 0.25) is 5.02 Å². The zero-order valence-electron chi connectivity index (χ0n) is 19.5. The summed E-state index contributed by atoms with van der Waals surface area (Å²) in [6, 6.07) is 14.1. The fraction of sp³-hybridized carbons (Fsp3) is 0.269. The molecular weight excluding hydrogens is 495 g/mol. The van der Waals surface area contributed by atoms with Crippen LogP contribution < -0.4 is 10.6 Å². The molecule has 0 saturated heterocycles. The van der Waals surface area contributed by atoms with Crippen molar-refractivity contribution in [2.75, 3.05) is 13.1 Å². The average Bonchev–Trinajstić information content (AvgIpc) is 3.28. The standard InChI is InChI=1S/C26H23ClF3N3O3/c1-3-31-23(34)14-32-24(35)21-9-8-20(18-6-4-5-7-19(18)21)22-13-25(36-33-22,26(28,29)30)16-10-15(2)11-17(27)12-16/h4-12H,3,13-14H2,1-2H3,(H,31,34)(H,32,35). The SMILES string of the molecule is CCNC(=O)CNC(=O)c1ccc(C2=NOC(c3cc(C)cc(Cl)c3)(C(F)(F)F)C2)c2ccccc12. The summed E-state index contributed by atoms with van der Waals surface area (Å²) in [7, 11) is 0. The van der Waals surface area contributed by atoms with Crippen molar-refractivity contribution in [3.63, 3.8) is 0 Å². The largest absolute Gasteiger partial charge is 0.435 e. The lowest BCUT2D eigenvalue weighted by molar-refractivity contribution is -0.275. The Labute approximate surface area is 210 Å². The van der Waals surface area contributed by atoms with Crippen LogP contribution in [0.1, 0.15) is 40.4 Å². The van der Waals surface area contributed by atoms with E-state index in [0.29, 0.717) is 28.4 Å². The highest BCUT2D eigenvalue weighted by Crippen LogP contribution is 2.49. The number of nitrogens with one attached hydrogen (secondary N) is 2. The van der Waals surface area contributed by atoms with Crippen molar-refractivity contribution in [3.05, 3.63) is 81.9 Å². The first-order valence-electron chi connectivity index (χ1n) is 11.2. The monoisotopic (exact) mass is 517 g/mol. The lowest BCUT2D eigenvalue weighted by Crippen LogP contribution is -2.42. The van der Waals surface area contributed by atoms with Gasteiger partial charge in [0.1, 0.15) is 0 Å². The molecule has 1 heterocycles. The number of hydrogen-bond donors (Lipinski definition) is 2. The molecule has 2 N–H and O–H groups in total. The summed E-state index contributed by atoms with van der Waals surface area (Å²) >= 11 is 6.06. The molecule has 188 valence electrons. The van der Waals surface area contributed by atoms with Crippen LogP contribution >= 0.6 is 11.6 Å². The normalized spacial score (nSPS) is 17.4. The zero-order valence-corrected chi connectivity index (χ0v) is 20.3. The Bertz CT molecular complexity index is 1350.